The standard InChI is InChI=1S/C8H11NS/c1-3-5-9(6-4-2)7-8-10/h1-2,10H,5-8H2. The van der Waals surface area contributed by atoms with Gasteiger partial charge in [-0.15, -0.1) is 12.8 Å². The van der Waals surface area contributed by atoms with E-state index in [9.17, 15) is 0 Å². The SMILES string of the molecule is C#CCN(CC#C)CCS. The highest BCUT2D eigenvalue weighted by Gasteiger charge is 1.96. The molecule has 0 aliphatic heterocycles. The molecule has 0 saturated heterocycles. The van der Waals surface area contributed by atoms with Crippen LogP contribution in [0, 0.1) is 24.7 Å². The molecule has 0 amide bonds. The second-order valence-electron chi connectivity index (χ2n) is 1.84. The van der Waals surface area contributed by atoms with Crippen LogP contribution < -0.4 is 0 Å². The molecule has 0 radical (unpaired) electrons. The minimum Gasteiger partial charge on any atom is -0.280 e. The molecule has 0 aliphatic carbocycles. The number of hydrogen-bond acceptors (Lipinski definition) is 2. The smallest absolute Gasteiger partial charge is 0.0607 e. The molecule has 0 atom stereocenters. The third-order valence-corrected chi connectivity index (χ3v) is 1.25. The van der Waals surface area contributed by atoms with Crippen LogP contribution in [0.4, 0.5) is 0 Å². The minimum absolute atomic E-state index is 0.616. The average molecular weight is 153 g/mol. The van der Waals surface area contributed by atoms with Crippen LogP contribution in [0.15, 0.2) is 0 Å². The zero-order valence-corrected chi connectivity index (χ0v) is 6.77. The van der Waals surface area contributed by atoms with Crippen molar-refractivity contribution in [1.82, 2.24) is 4.90 Å². The van der Waals surface area contributed by atoms with Gasteiger partial charge in [0.25, 0.3) is 0 Å². The van der Waals surface area contributed by atoms with E-state index in [0.717, 1.165) is 12.3 Å². The van der Waals surface area contributed by atoms with Crippen molar-refractivity contribution in [2.75, 3.05) is 25.4 Å². The lowest BCUT2D eigenvalue weighted by Crippen LogP contribution is -2.26. The molecular weight excluding hydrogens is 142 g/mol. The Balaban J connectivity index is 3.54. The maximum Gasteiger partial charge on any atom is 0.0607 e. The van der Waals surface area contributed by atoms with E-state index in [1.807, 2.05) is 4.90 Å². The first-order valence-corrected chi connectivity index (χ1v) is 3.68. The highest BCUT2D eigenvalue weighted by Crippen LogP contribution is 1.86. The summed E-state index contributed by atoms with van der Waals surface area (Å²) in [5, 5.41) is 0. The zero-order chi connectivity index (χ0) is 7.82. The fourth-order valence-corrected chi connectivity index (χ4v) is 0.896. The second kappa shape index (κ2) is 6.55. The van der Waals surface area contributed by atoms with Gasteiger partial charge in [-0.25, -0.2) is 0 Å². The Kier molecular flexibility index (Phi) is 6.18. The number of thiol groups is 1. The van der Waals surface area contributed by atoms with Crippen molar-refractivity contribution in [3.63, 3.8) is 0 Å². The molecule has 10 heavy (non-hydrogen) atoms. The summed E-state index contributed by atoms with van der Waals surface area (Å²) in [7, 11) is 0. The quantitative estimate of drug-likeness (QED) is 0.454. The number of hydrogen-bond donors (Lipinski definition) is 1. The summed E-state index contributed by atoms with van der Waals surface area (Å²) in [6.07, 6.45) is 10.2. The third kappa shape index (κ3) is 4.32. The monoisotopic (exact) mass is 153 g/mol. The molecule has 0 aromatic carbocycles. The molecule has 2 heteroatoms. The minimum atomic E-state index is 0.616. The van der Waals surface area contributed by atoms with Gasteiger partial charge in [0.1, 0.15) is 0 Å². The molecule has 0 rings (SSSR count). The first-order valence-electron chi connectivity index (χ1n) is 3.05. The summed E-state index contributed by atoms with van der Waals surface area (Å²) in [4.78, 5) is 1.99. The Morgan fingerprint density at radius 1 is 1.20 bits per heavy atom. The molecule has 0 heterocycles. The Morgan fingerprint density at radius 2 is 1.70 bits per heavy atom. The summed E-state index contributed by atoms with van der Waals surface area (Å²) in [5.41, 5.74) is 0. The van der Waals surface area contributed by atoms with Crippen LogP contribution >= 0.6 is 12.6 Å². The number of terminal acetylenes is 2. The van der Waals surface area contributed by atoms with Crippen molar-refractivity contribution < 1.29 is 0 Å². The topological polar surface area (TPSA) is 3.24 Å². The van der Waals surface area contributed by atoms with Crippen LogP contribution in [0.2, 0.25) is 0 Å². The van der Waals surface area contributed by atoms with E-state index < -0.39 is 0 Å². The van der Waals surface area contributed by atoms with Crippen molar-refractivity contribution in [2.45, 2.75) is 0 Å². The molecule has 0 aliphatic rings. The Labute approximate surface area is 68.2 Å². The van der Waals surface area contributed by atoms with Crippen LogP contribution in [0.1, 0.15) is 0 Å². The lowest BCUT2D eigenvalue weighted by atomic mass is 10.5. The summed E-state index contributed by atoms with van der Waals surface area (Å²) in [6.45, 7) is 2.09. The van der Waals surface area contributed by atoms with Crippen LogP contribution in [-0.4, -0.2) is 30.3 Å². The maximum absolute atomic E-state index is 5.10. The van der Waals surface area contributed by atoms with Crippen LogP contribution in [0.25, 0.3) is 0 Å². The van der Waals surface area contributed by atoms with Crippen molar-refractivity contribution in [3.05, 3.63) is 0 Å². The molecule has 0 N–H and O–H groups in total. The van der Waals surface area contributed by atoms with Crippen LogP contribution in [0.5, 0.6) is 0 Å². The van der Waals surface area contributed by atoms with Crippen molar-refractivity contribution in [2.24, 2.45) is 0 Å². The van der Waals surface area contributed by atoms with E-state index >= 15 is 0 Å². The molecule has 0 fully saturated rings. The van der Waals surface area contributed by atoms with Crippen LogP contribution in [-0.2, 0) is 0 Å². The lowest BCUT2D eigenvalue weighted by molar-refractivity contribution is 0.369. The summed E-state index contributed by atoms with van der Waals surface area (Å²) in [6, 6.07) is 0. The van der Waals surface area contributed by atoms with E-state index in [0.29, 0.717) is 13.1 Å². The highest BCUT2D eigenvalue weighted by atomic mass is 32.1. The zero-order valence-electron chi connectivity index (χ0n) is 5.88. The molecule has 0 unspecified atom stereocenters. The predicted molar refractivity (Wildman–Crippen MR) is 48.0 cm³/mol. The number of rotatable bonds is 4. The first-order chi connectivity index (χ1) is 4.85. The van der Waals surface area contributed by atoms with Gasteiger partial charge in [0.2, 0.25) is 0 Å². The van der Waals surface area contributed by atoms with Crippen LogP contribution in [0.3, 0.4) is 0 Å². The van der Waals surface area contributed by atoms with E-state index in [1.54, 1.807) is 0 Å². The normalized spacial score (nSPS) is 8.80. The highest BCUT2D eigenvalue weighted by molar-refractivity contribution is 7.80. The van der Waals surface area contributed by atoms with Gasteiger partial charge in [-0.1, -0.05) is 11.8 Å². The third-order valence-electron chi connectivity index (χ3n) is 1.05. The van der Waals surface area contributed by atoms with Gasteiger partial charge in [-0.2, -0.15) is 12.6 Å². The molecule has 0 aromatic heterocycles. The van der Waals surface area contributed by atoms with Gasteiger partial charge in [0.05, 0.1) is 13.1 Å². The Morgan fingerprint density at radius 3 is 2.00 bits per heavy atom. The average Bonchev–Trinajstić information content (AvgIpc) is 1.90. The van der Waals surface area contributed by atoms with Crippen molar-refractivity contribution in [3.8, 4) is 24.7 Å². The predicted octanol–water partition coefficient (Wildman–Crippen LogP) is 0.485. The van der Waals surface area contributed by atoms with Gasteiger partial charge in [-0.3, -0.25) is 4.90 Å². The molecule has 0 saturated carbocycles. The second-order valence-corrected chi connectivity index (χ2v) is 2.29. The Hall–Kier alpha value is -0.570. The van der Waals surface area contributed by atoms with E-state index in [1.165, 1.54) is 0 Å². The van der Waals surface area contributed by atoms with Gasteiger partial charge in [0, 0.05) is 12.3 Å². The fraction of sp³-hybridized carbons (Fsp3) is 0.500. The van der Waals surface area contributed by atoms with Crippen molar-refractivity contribution >= 4 is 12.6 Å². The van der Waals surface area contributed by atoms with E-state index in [4.69, 9.17) is 12.8 Å². The van der Waals surface area contributed by atoms with E-state index in [-0.39, 0.29) is 0 Å². The largest absolute Gasteiger partial charge is 0.280 e. The molecule has 54 valence electrons. The van der Waals surface area contributed by atoms with E-state index in [2.05, 4.69) is 24.5 Å². The van der Waals surface area contributed by atoms with Gasteiger partial charge in [-0.05, 0) is 0 Å². The van der Waals surface area contributed by atoms with Crippen molar-refractivity contribution in [1.29, 1.82) is 0 Å². The summed E-state index contributed by atoms with van der Waals surface area (Å²) < 4.78 is 0. The summed E-state index contributed by atoms with van der Waals surface area (Å²) in [5.74, 6) is 5.86. The maximum atomic E-state index is 5.10. The molecule has 0 spiro atoms. The number of nitrogens with zero attached hydrogens (tertiary/aromatic N) is 1. The molecule has 0 aromatic rings. The Bertz CT molecular complexity index is 136. The van der Waals surface area contributed by atoms with Gasteiger partial charge in [0.15, 0.2) is 0 Å². The molecular formula is C8H11NS. The first kappa shape index (κ1) is 9.43. The fourth-order valence-electron chi connectivity index (χ4n) is 0.614. The van der Waals surface area contributed by atoms with Gasteiger partial charge >= 0.3 is 0 Å². The summed E-state index contributed by atoms with van der Waals surface area (Å²) >= 11 is 4.07. The lowest BCUT2D eigenvalue weighted by Gasteiger charge is -2.13. The molecule has 1 nitrogen and oxygen atoms in total. The van der Waals surface area contributed by atoms with Gasteiger partial charge < -0.3 is 0 Å². The molecule has 0 bridgehead atoms.